The van der Waals surface area contributed by atoms with E-state index in [9.17, 15) is 0 Å². The summed E-state index contributed by atoms with van der Waals surface area (Å²) in [7, 11) is 0. The van der Waals surface area contributed by atoms with E-state index in [-0.39, 0.29) is 0 Å². The highest BCUT2D eigenvalue weighted by Crippen LogP contribution is 2.52. The molecule has 1 saturated carbocycles. The highest BCUT2D eigenvalue weighted by atomic mass is 32.2. The van der Waals surface area contributed by atoms with Gasteiger partial charge in [0.25, 0.3) is 0 Å². The molecular formula is C12H22S. The fourth-order valence-corrected chi connectivity index (χ4v) is 4.57. The van der Waals surface area contributed by atoms with Crippen molar-refractivity contribution in [1.29, 1.82) is 0 Å². The maximum atomic E-state index is 2.44. The molecule has 2 aliphatic rings. The molecule has 0 aromatic heterocycles. The zero-order chi connectivity index (χ0) is 9.59. The normalized spacial score (nSPS) is 56.3. The minimum Gasteiger partial charge on any atom is -0.155 e. The first kappa shape index (κ1) is 9.89. The molecule has 1 heterocycles. The van der Waals surface area contributed by atoms with E-state index in [2.05, 4.69) is 39.5 Å². The molecule has 0 aromatic carbocycles. The summed E-state index contributed by atoms with van der Waals surface area (Å²) < 4.78 is 0. The Kier molecular flexibility index (Phi) is 2.65. The van der Waals surface area contributed by atoms with E-state index in [4.69, 9.17) is 0 Å². The number of hydrogen-bond donors (Lipinski definition) is 0. The number of hydrogen-bond acceptors (Lipinski definition) is 1. The van der Waals surface area contributed by atoms with E-state index in [1.165, 1.54) is 12.8 Å². The Morgan fingerprint density at radius 1 is 0.923 bits per heavy atom. The van der Waals surface area contributed by atoms with Gasteiger partial charge in [0.1, 0.15) is 0 Å². The molecule has 0 bridgehead atoms. The minimum atomic E-state index is 0.927. The highest BCUT2D eigenvalue weighted by Gasteiger charge is 2.43. The summed E-state index contributed by atoms with van der Waals surface area (Å²) in [6, 6.07) is 0. The molecule has 0 radical (unpaired) electrons. The molecule has 5 unspecified atom stereocenters. The first-order chi connectivity index (χ1) is 6.09. The summed E-state index contributed by atoms with van der Waals surface area (Å²) >= 11 is 2.24. The molecule has 2 fully saturated rings. The maximum absolute atomic E-state index is 2.44. The van der Waals surface area contributed by atoms with Crippen molar-refractivity contribution in [2.75, 3.05) is 0 Å². The van der Waals surface area contributed by atoms with Crippen molar-refractivity contribution in [3.05, 3.63) is 0 Å². The summed E-state index contributed by atoms with van der Waals surface area (Å²) in [6.07, 6.45) is 2.99. The Morgan fingerprint density at radius 3 is 1.85 bits per heavy atom. The third-order valence-electron chi connectivity index (χ3n) is 4.42. The van der Waals surface area contributed by atoms with Crippen LogP contribution in [0.15, 0.2) is 0 Å². The first-order valence-electron chi connectivity index (χ1n) is 5.75. The average molecular weight is 198 g/mol. The second-order valence-electron chi connectivity index (χ2n) is 5.35. The first-order valence-corrected chi connectivity index (χ1v) is 6.69. The molecule has 0 N–H and O–H groups in total. The Bertz CT molecular complexity index is 180. The van der Waals surface area contributed by atoms with Crippen molar-refractivity contribution in [3.8, 4) is 0 Å². The van der Waals surface area contributed by atoms with Gasteiger partial charge in [-0.1, -0.05) is 27.7 Å². The summed E-state index contributed by atoms with van der Waals surface area (Å²) in [5.74, 6) is 3.98. The predicted molar refractivity (Wildman–Crippen MR) is 61.1 cm³/mol. The van der Waals surface area contributed by atoms with Crippen LogP contribution in [0.25, 0.3) is 0 Å². The lowest BCUT2D eigenvalue weighted by Gasteiger charge is -2.44. The second-order valence-corrected chi connectivity index (χ2v) is 6.91. The fraction of sp³-hybridized carbons (Fsp3) is 1.00. The lowest BCUT2D eigenvalue weighted by Crippen LogP contribution is -2.40. The third kappa shape index (κ3) is 1.65. The van der Waals surface area contributed by atoms with E-state index in [0.717, 1.165) is 34.2 Å². The average Bonchev–Trinajstić information content (AvgIpc) is 2.41. The molecule has 0 nitrogen and oxygen atoms in total. The molecule has 5 atom stereocenters. The van der Waals surface area contributed by atoms with Crippen molar-refractivity contribution < 1.29 is 0 Å². The van der Waals surface area contributed by atoms with E-state index in [0.29, 0.717) is 0 Å². The topological polar surface area (TPSA) is 0 Å². The molecule has 2 rings (SSSR count). The molecular weight excluding hydrogens is 176 g/mol. The van der Waals surface area contributed by atoms with Crippen LogP contribution in [0, 0.1) is 23.7 Å². The quantitative estimate of drug-likeness (QED) is 0.617. The van der Waals surface area contributed by atoms with Crippen LogP contribution in [-0.4, -0.2) is 10.5 Å². The van der Waals surface area contributed by atoms with Crippen LogP contribution in [0.2, 0.25) is 0 Å². The molecule has 1 aliphatic carbocycles. The molecule has 76 valence electrons. The van der Waals surface area contributed by atoms with E-state index >= 15 is 0 Å². The predicted octanol–water partition coefficient (Wildman–Crippen LogP) is 3.81. The minimum absolute atomic E-state index is 0.927. The summed E-state index contributed by atoms with van der Waals surface area (Å²) in [6.45, 7) is 9.69. The Balaban J connectivity index is 1.90. The van der Waals surface area contributed by atoms with Crippen LogP contribution in [-0.2, 0) is 0 Å². The third-order valence-corrected chi connectivity index (χ3v) is 6.40. The SMILES string of the molecule is CC1CC(C2SC(C)C2C)CC1C. The standard InChI is InChI=1S/C12H22S/c1-7-5-11(6-8(7)2)12-9(3)10(4)13-12/h7-12H,5-6H2,1-4H3. The zero-order valence-electron chi connectivity index (χ0n) is 9.29. The van der Waals surface area contributed by atoms with Gasteiger partial charge in [0.15, 0.2) is 0 Å². The van der Waals surface area contributed by atoms with Crippen molar-refractivity contribution >= 4 is 11.8 Å². The lowest BCUT2D eigenvalue weighted by atomic mass is 9.90. The van der Waals surface area contributed by atoms with Crippen molar-refractivity contribution in [3.63, 3.8) is 0 Å². The highest BCUT2D eigenvalue weighted by molar-refractivity contribution is 8.01. The molecule has 0 amide bonds. The van der Waals surface area contributed by atoms with Gasteiger partial charge < -0.3 is 0 Å². The second kappa shape index (κ2) is 3.49. The Labute approximate surface area is 86.9 Å². The molecule has 13 heavy (non-hydrogen) atoms. The van der Waals surface area contributed by atoms with Crippen molar-refractivity contribution in [2.24, 2.45) is 23.7 Å². The molecule has 0 aromatic rings. The lowest BCUT2D eigenvalue weighted by molar-refractivity contribution is 0.368. The van der Waals surface area contributed by atoms with Crippen LogP contribution in [0.5, 0.6) is 0 Å². The number of rotatable bonds is 1. The number of thioether (sulfide) groups is 1. The van der Waals surface area contributed by atoms with Gasteiger partial charge in [0, 0.05) is 10.5 Å². The molecule has 1 heteroatoms. The van der Waals surface area contributed by atoms with Gasteiger partial charge in [0.05, 0.1) is 0 Å². The monoisotopic (exact) mass is 198 g/mol. The summed E-state index contributed by atoms with van der Waals surface area (Å²) in [4.78, 5) is 0. The smallest absolute Gasteiger partial charge is 0.0114 e. The molecule has 1 saturated heterocycles. The van der Waals surface area contributed by atoms with Crippen LogP contribution in [0.3, 0.4) is 0 Å². The van der Waals surface area contributed by atoms with Gasteiger partial charge in [-0.25, -0.2) is 0 Å². The molecule has 0 spiro atoms. The van der Waals surface area contributed by atoms with Crippen LogP contribution >= 0.6 is 11.8 Å². The van der Waals surface area contributed by atoms with Crippen molar-refractivity contribution in [1.82, 2.24) is 0 Å². The van der Waals surface area contributed by atoms with Gasteiger partial charge in [-0.3, -0.25) is 0 Å². The van der Waals surface area contributed by atoms with Gasteiger partial charge in [-0.15, -0.1) is 0 Å². The van der Waals surface area contributed by atoms with Gasteiger partial charge in [-0.05, 0) is 36.5 Å². The largest absolute Gasteiger partial charge is 0.155 e. The van der Waals surface area contributed by atoms with Gasteiger partial charge in [0.2, 0.25) is 0 Å². The van der Waals surface area contributed by atoms with E-state index in [1.807, 2.05) is 0 Å². The Morgan fingerprint density at radius 2 is 1.46 bits per heavy atom. The summed E-state index contributed by atoms with van der Waals surface area (Å²) in [5.41, 5.74) is 0. The van der Waals surface area contributed by atoms with Gasteiger partial charge in [-0.2, -0.15) is 11.8 Å². The van der Waals surface area contributed by atoms with Crippen molar-refractivity contribution in [2.45, 2.75) is 51.0 Å². The van der Waals surface area contributed by atoms with E-state index < -0.39 is 0 Å². The van der Waals surface area contributed by atoms with Crippen LogP contribution in [0.1, 0.15) is 40.5 Å². The van der Waals surface area contributed by atoms with E-state index in [1.54, 1.807) is 0 Å². The fourth-order valence-electron chi connectivity index (χ4n) is 3.00. The summed E-state index contributed by atoms with van der Waals surface area (Å²) in [5, 5.41) is 1.93. The Hall–Kier alpha value is 0.350. The maximum Gasteiger partial charge on any atom is 0.0114 e. The van der Waals surface area contributed by atoms with Crippen LogP contribution < -0.4 is 0 Å². The zero-order valence-corrected chi connectivity index (χ0v) is 10.1. The van der Waals surface area contributed by atoms with Crippen LogP contribution in [0.4, 0.5) is 0 Å². The van der Waals surface area contributed by atoms with Gasteiger partial charge >= 0.3 is 0 Å². The molecule has 1 aliphatic heterocycles.